The zero-order chi connectivity index (χ0) is 26.3. The highest BCUT2D eigenvalue weighted by atomic mass is 32.2. The molecule has 5 aromatic rings. The van der Waals surface area contributed by atoms with Gasteiger partial charge in [-0.3, -0.25) is 9.36 Å². The second kappa shape index (κ2) is 11.8. The highest BCUT2D eigenvalue weighted by molar-refractivity contribution is 7.99. The van der Waals surface area contributed by atoms with Crippen LogP contribution in [0.4, 0.5) is 0 Å². The van der Waals surface area contributed by atoms with Crippen molar-refractivity contribution in [1.82, 2.24) is 20.1 Å². The van der Waals surface area contributed by atoms with Gasteiger partial charge in [0.05, 0.1) is 18.9 Å². The molecular formula is C31H28N4O2S. The van der Waals surface area contributed by atoms with Crippen LogP contribution in [-0.4, -0.2) is 33.5 Å². The van der Waals surface area contributed by atoms with Crippen LogP contribution in [0.2, 0.25) is 0 Å². The van der Waals surface area contributed by atoms with E-state index in [1.165, 1.54) is 17.3 Å². The largest absolute Gasteiger partial charge is 0.497 e. The average Bonchev–Trinajstić information content (AvgIpc) is 3.40. The summed E-state index contributed by atoms with van der Waals surface area (Å²) in [5, 5.41) is 12.8. The van der Waals surface area contributed by atoms with E-state index in [1.54, 1.807) is 7.11 Å². The predicted molar refractivity (Wildman–Crippen MR) is 152 cm³/mol. The van der Waals surface area contributed by atoms with Gasteiger partial charge in [0, 0.05) is 11.3 Å². The Morgan fingerprint density at radius 2 is 1.45 bits per heavy atom. The Bertz CT molecular complexity index is 1450. The molecule has 0 fully saturated rings. The molecule has 0 aliphatic carbocycles. The number of rotatable bonds is 9. The van der Waals surface area contributed by atoms with E-state index in [0.29, 0.717) is 11.0 Å². The normalized spacial score (nSPS) is 10.9. The van der Waals surface area contributed by atoms with Crippen molar-refractivity contribution < 1.29 is 9.53 Å². The van der Waals surface area contributed by atoms with Gasteiger partial charge in [-0.1, -0.05) is 102 Å². The number of methoxy groups -OCH3 is 1. The SMILES string of the molecule is COc1ccc(-n2c(SCC(=O)NC(c3ccccc3)c3ccccc3)nnc2-c2ccc(C)cc2)cc1. The van der Waals surface area contributed by atoms with Crippen molar-refractivity contribution in [3.8, 4) is 22.8 Å². The first-order valence-corrected chi connectivity index (χ1v) is 13.3. The highest BCUT2D eigenvalue weighted by Crippen LogP contribution is 2.29. The van der Waals surface area contributed by atoms with Gasteiger partial charge in [-0.05, 0) is 42.3 Å². The molecule has 4 aromatic carbocycles. The molecule has 0 radical (unpaired) electrons. The number of carbonyl (C=O) groups is 1. The number of hydrogen-bond donors (Lipinski definition) is 1. The Kier molecular flexibility index (Phi) is 7.85. The molecule has 0 saturated carbocycles. The van der Waals surface area contributed by atoms with Crippen molar-refractivity contribution in [2.45, 2.75) is 18.1 Å². The predicted octanol–water partition coefficient (Wildman–Crippen LogP) is 6.25. The van der Waals surface area contributed by atoms with Gasteiger partial charge >= 0.3 is 0 Å². The lowest BCUT2D eigenvalue weighted by Gasteiger charge is -2.20. The van der Waals surface area contributed by atoms with Crippen molar-refractivity contribution in [2.24, 2.45) is 0 Å². The molecule has 190 valence electrons. The first-order chi connectivity index (χ1) is 18.6. The third-order valence-corrected chi connectivity index (χ3v) is 7.11. The van der Waals surface area contributed by atoms with Crippen molar-refractivity contribution >= 4 is 17.7 Å². The minimum Gasteiger partial charge on any atom is -0.497 e. The molecular weight excluding hydrogens is 492 g/mol. The molecule has 5 rings (SSSR count). The van der Waals surface area contributed by atoms with Gasteiger partial charge in [0.15, 0.2) is 11.0 Å². The quantitative estimate of drug-likeness (QED) is 0.233. The molecule has 0 unspecified atom stereocenters. The summed E-state index contributed by atoms with van der Waals surface area (Å²) in [5.41, 5.74) is 5.06. The maximum absolute atomic E-state index is 13.2. The number of nitrogens with one attached hydrogen (secondary N) is 1. The second-order valence-corrected chi connectivity index (χ2v) is 9.76. The summed E-state index contributed by atoms with van der Waals surface area (Å²) in [6.45, 7) is 2.05. The number of benzene rings is 4. The van der Waals surface area contributed by atoms with E-state index in [9.17, 15) is 4.79 Å². The zero-order valence-corrected chi connectivity index (χ0v) is 22.1. The topological polar surface area (TPSA) is 69.0 Å². The van der Waals surface area contributed by atoms with Crippen LogP contribution in [0.25, 0.3) is 17.1 Å². The number of nitrogens with zero attached hydrogens (tertiary/aromatic N) is 3. The van der Waals surface area contributed by atoms with E-state index in [-0.39, 0.29) is 17.7 Å². The van der Waals surface area contributed by atoms with Crippen LogP contribution in [0.3, 0.4) is 0 Å². The van der Waals surface area contributed by atoms with Gasteiger partial charge in [-0.15, -0.1) is 10.2 Å². The Hall–Kier alpha value is -4.36. The summed E-state index contributed by atoms with van der Waals surface area (Å²) in [6, 6.07) is 35.6. The van der Waals surface area contributed by atoms with Crippen LogP contribution in [-0.2, 0) is 4.79 Å². The fourth-order valence-electron chi connectivity index (χ4n) is 4.20. The van der Waals surface area contributed by atoms with Gasteiger partial charge in [-0.2, -0.15) is 0 Å². The number of aryl methyl sites for hydroxylation is 1. The summed E-state index contributed by atoms with van der Waals surface area (Å²) in [4.78, 5) is 13.2. The number of ether oxygens (including phenoxy) is 1. The standard InChI is InChI=1S/C31H28N4O2S/c1-22-13-15-25(16-14-22)30-33-34-31(35(30)26-17-19-27(37-2)20-18-26)38-21-28(36)32-29(23-9-5-3-6-10-23)24-11-7-4-8-12-24/h3-20,29H,21H2,1-2H3,(H,32,36). The molecule has 0 aliphatic rings. The minimum absolute atomic E-state index is 0.0890. The Morgan fingerprint density at radius 3 is 2.03 bits per heavy atom. The molecule has 0 saturated heterocycles. The maximum atomic E-state index is 13.2. The van der Waals surface area contributed by atoms with Crippen molar-refractivity contribution in [3.63, 3.8) is 0 Å². The molecule has 0 spiro atoms. The molecule has 1 aromatic heterocycles. The van der Waals surface area contributed by atoms with Gasteiger partial charge in [-0.25, -0.2) is 0 Å². The first-order valence-electron chi connectivity index (χ1n) is 12.3. The number of amides is 1. The van der Waals surface area contributed by atoms with Crippen LogP contribution < -0.4 is 10.1 Å². The summed E-state index contributed by atoms with van der Waals surface area (Å²) in [7, 11) is 1.64. The Balaban J connectivity index is 1.40. The molecule has 1 heterocycles. The zero-order valence-electron chi connectivity index (χ0n) is 21.2. The molecule has 38 heavy (non-hydrogen) atoms. The van der Waals surface area contributed by atoms with Gasteiger partial charge < -0.3 is 10.1 Å². The summed E-state index contributed by atoms with van der Waals surface area (Å²) < 4.78 is 7.32. The third kappa shape index (κ3) is 5.79. The van der Waals surface area contributed by atoms with Crippen LogP contribution in [0.15, 0.2) is 114 Å². The van der Waals surface area contributed by atoms with Gasteiger partial charge in [0.2, 0.25) is 5.91 Å². The van der Waals surface area contributed by atoms with E-state index in [4.69, 9.17) is 4.74 Å². The fourth-order valence-corrected chi connectivity index (χ4v) is 4.96. The smallest absolute Gasteiger partial charge is 0.231 e. The van der Waals surface area contributed by atoms with Crippen molar-refractivity contribution in [3.05, 3.63) is 126 Å². The molecule has 0 bridgehead atoms. The molecule has 0 aliphatic heterocycles. The van der Waals surface area contributed by atoms with E-state index in [0.717, 1.165) is 28.1 Å². The highest BCUT2D eigenvalue weighted by Gasteiger charge is 2.20. The lowest BCUT2D eigenvalue weighted by atomic mass is 9.99. The van der Waals surface area contributed by atoms with E-state index >= 15 is 0 Å². The van der Waals surface area contributed by atoms with Gasteiger partial charge in [0.1, 0.15) is 5.75 Å². The molecule has 7 heteroatoms. The lowest BCUT2D eigenvalue weighted by molar-refractivity contribution is -0.119. The number of thioether (sulfide) groups is 1. The summed E-state index contributed by atoms with van der Waals surface area (Å²) in [6.07, 6.45) is 0. The summed E-state index contributed by atoms with van der Waals surface area (Å²) in [5.74, 6) is 1.58. The van der Waals surface area contributed by atoms with E-state index < -0.39 is 0 Å². The number of carbonyl (C=O) groups excluding carboxylic acids is 1. The fraction of sp³-hybridized carbons (Fsp3) is 0.129. The van der Waals surface area contributed by atoms with Crippen LogP contribution in [0.1, 0.15) is 22.7 Å². The summed E-state index contributed by atoms with van der Waals surface area (Å²) >= 11 is 1.36. The average molecular weight is 521 g/mol. The van der Waals surface area contributed by atoms with Crippen molar-refractivity contribution in [1.29, 1.82) is 0 Å². The second-order valence-electron chi connectivity index (χ2n) is 8.82. The van der Waals surface area contributed by atoms with E-state index in [2.05, 4.69) is 34.6 Å². The molecule has 1 N–H and O–H groups in total. The molecule has 1 amide bonds. The monoisotopic (exact) mass is 520 g/mol. The molecule has 0 atom stereocenters. The molecule has 6 nitrogen and oxygen atoms in total. The van der Waals surface area contributed by atoms with Crippen LogP contribution in [0.5, 0.6) is 5.75 Å². The Morgan fingerprint density at radius 1 is 0.842 bits per heavy atom. The minimum atomic E-state index is -0.243. The van der Waals surface area contributed by atoms with Crippen LogP contribution >= 0.6 is 11.8 Å². The lowest BCUT2D eigenvalue weighted by Crippen LogP contribution is -2.30. The maximum Gasteiger partial charge on any atom is 0.231 e. The number of hydrogen-bond acceptors (Lipinski definition) is 5. The first kappa shape index (κ1) is 25.3. The third-order valence-electron chi connectivity index (χ3n) is 6.18. The van der Waals surface area contributed by atoms with E-state index in [1.807, 2.05) is 102 Å². The Labute approximate surface area is 226 Å². The van der Waals surface area contributed by atoms with Crippen molar-refractivity contribution in [2.75, 3.05) is 12.9 Å². The van der Waals surface area contributed by atoms with Crippen LogP contribution in [0, 0.1) is 6.92 Å². The van der Waals surface area contributed by atoms with Gasteiger partial charge in [0.25, 0.3) is 0 Å². The number of aromatic nitrogens is 3.